The zero-order valence-electron chi connectivity index (χ0n) is 10.9. The molecule has 106 valence electrons. The third kappa shape index (κ3) is 2.36. The molecule has 20 heavy (non-hydrogen) atoms. The van der Waals surface area contributed by atoms with Gasteiger partial charge in [0.05, 0.1) is 16.5 Å². The van der Waals surface area contributed by atoms with Gasteiger partial charge in [-0.3, -0.25) is 9.69 Å². The topological polar surface area (TPSA) is 94.9 Å². The standard InChI is InChI=1S/C13H13NO5S/c1-6(12(16)17)14-9-5-8(13(18)19)3-4-10(9)20-7(2)11(14)15/h3-7H,1-2H3,(H,16,17)(H,18,19). The second-order valence-corrected chi connectivity index (χ2v) is 5.85. The number of carbonyl (C=O) groups excluding carboxylic acids is 1. The van der Waals surface area contributed by atoms with Gasteiger partial charge >= 0.3 is 11.9 Å². The minimum absolute atomic E-state index is 0.0225. The van der Waals surface area contributed by atoms with Crippen LogP contribution < -0.4 is 4.90 Å². The average molecular weight is 295 g/mol. The Morgan fingerprint density at radius 2 is 2.00 bits per heavy atom. The molecule has 0 radical (unpaired) electrons. The fourth-order valence-corrected chi connectivity index (χ4v) is 3.02. The van der Waals surface area contributed by atoms with Crippen molar-refractivity contribution in [3.63, 3.8) is 0 Å². The largest absolute Gasteiger partial charge is 0.480 e. The number of fused-ring (bicyclic) bond motifs is 1. The Labute approximate surface area is 119 Å². The highest BCUT2D eigenvalue weighted by molar-refractivity contribution is 8.01. The molecule has 2 rings (SSSR count). The summed E-state index contributed by atoms with van der Waals surface area (Å²) in [5.74, 6) is -2.59. The van der Waals surface area contributed by atoms with Gasteiger partial charge < -0.3 is 10.2 Å². The number of hydrogen-bond donors (Lipinski definition) is 2. The predicted octanol–water partition coefficient (Wildman–Crippen LogP) is 1.69. The summed E-state index contributed by atoms with van der Waals surface area (Å²) in [4.78, 5) is 36.3. The SMILES string of the molecule is CC1Sc2ccc(C(=O)O)cc2N(C(C)C(=O)O)C1=O. The van der Waals surface area contributed by atoms with Crippen LogP contribution in [0.4, 0.5) is 5.69 Å². The molecule has 0 bridgehead atoms. The molecule has 0 saturated heterocycles. The van der Waals surface area contributed by atoms with Gasteiger partial charge in [-0.05, 0) is 32.0 Å². The normalized spacial score (nSPS) is 19.4. The van der Waals surface area contributed by atoms with Crippen LogP contribution in [-0.4, -0.2) is 39.4 Å². The number of carboxylic acids is 2. The molecule has 1 aromatic rings. The van der Waals surface area contributed by atoms with Crippen LogP contribution in [0, 0.1) is 0 Å². The second-order valence-electron chi connectivity index (χ2n) is 4.47. The van der Waals surface area contributed by atoms with E-state index in [-0.39, 0.29) is 11.5 Å². The number of thioether (sulfide) groups is 1. The molecule has 0 spiro atoms. The van der Waals surface area contributed by atoms with Crippen molar-refractivity contribution in [3.8, 4) is 0 Å². The summed E-state index contributed by atoms with van der Waals surface area (Å²) in [6.45, 7) is 3.10. The van der Waals surface area contributed by atoms with E-state index in [4.69, 9.17) is 10.2 Å². The van der Waals surface area contributed by atoms with E-state index in [0.29, 0.717) is 10.6 Å². The molecule has 7 heteroatoms. The molecule has 2 atom stereocenters. The fraction of sp³-hybridized carbons (Fsp3) is 0.308. The van der Waals surface area contributed by atoms with Gasteiger partial charge in [-0.15, -0.1) is 11.8 Å². The van der Waals surface area contributed by atoms with Crippen molar-refractivity contribution in [2.45, 2.75) is 30.0 Å². The number of anilines is 1. The minimum Gasteiger partial charge on any atom is -0.480 e. The second kappa shape index (κ2) is 5.16. The Morgan fingerprint density at radius 3 is 2.55 bits per heavy atom. The number of rotatable bonds is 3. The summed E-state index contributed by atoms with van der Waals surface area (Å²) in [6.07, 6.45) is 0. The molecule has 0 fully saturated rings. The van der Waals surface area contributed by atoms with Crippen molar-refractivity contribution in [1.29, 1.82) is 0 Å². The molecule has 6 nitrogen and oxygen atoms in total. The lowest BCUT2D eigenvalue weighted by Crippen LogP contribution is -2.48. The summed E-state index contributed by atoms with van der Waals surface area (Å²) in [5.41, 5.74) is 0.363. The Kier molecular flexibility index (Phi) is 3.71. The van der Waals surface area contributed by atoms with Gasteiger partial charge in [0.15, 0.2) is 0 Å². The molecule has 1 aliphatic heterocycles. The van der Waals surface area contributed by atoms with E-state index in [1.54, 1.807) is 13.0 Å². The van der Waals surface area contributed by atoms with Crippen molar-refractivity contribution >= 4 is 35.3 Å². The average Bonchev–Trinajstić information content (AvgIpc) is 2.38. The van der Waals surface area contributed by atoms with Gasteiger partial charge in [-0.25, -0.2) is 9.59 Å². The number of carbonyl (C=O) groups is 3. The summed E-state index contributed by atoms with van der Waals surface area (Å²) in [6, 6.07) is 3.34. The number of hydrogen-bond acceptors (Lipinski definition) is 4. The first-order chi connectivity index (χ1) is 9.32. The maximum Gasteiger partial charge on any atom is 0.335 e. The minimum atomic E-state index is -1.14. The van der Waals surface area contributed by atoms with Crippen molar-refractivity contribution in [2.24, 2.45) is 0 Å². The lowest BCUT2D eigenvalue weighted by atomic mass is 10.1. The van der Waals surface area contributed by atoms with Crippen molar-refractivity contribution in [3.05, 3.63) is 23.8 Å². The zero-order valence-corrected chi connectivity index (χ0v) is 11.7. The number of aliphatic carboxylic acids is 1. The van der Waals surface area contributed by atoms with E-state index in [0.717, 1.165) is 4.90 Å². The Balaban J connectivity index is 2.57. The lowest BCUT2D eigenvalue weighted by Gasteiger charge is -2.34. The highest BCUT2D eigenvalue weighted by Gasteiger charge is 2.36. The van der Waals surface area contributed by atoms with Crippen LogP contribution in [0.3, 0.4) is 0 Å². The molecule has 0 aliphatic carbocycles. The van der Waals surface area contributed by atoms with Crippen molar-refractivity contribution in [1.82, 2.24) is 0 Å². The number of benzene rings is 1. The highest BCUT2D eigenvalue weighted by Crippen LogP contribution is 2.40. The van der Waals surface area contributed by atoms with E-state index >= 15 is 0 Å². The van der Waals surface area contributed by atoms with E-state index in [1.165, 1.54) is 30.8 Å². The summed E-state index contributed by atoms with van der Waals surface area (Å²) in [5, 5.41) is 17.7. The fourth-order valence-electron chi connectivity index (χ4n) is 2.00. The molecule has 0 saturated carbocycles. The maximum absolute atomic E-state index is 12.2. The molecule has 2 unspecified atom stereocenters. The van der Waals surface area contributed by atoms with Crippen LogP contribution in [0.25, 0.3) is 0 Å². The smallest absolute Gasteiger partial charge is 0.335 e. The van der Waals surface area contributed by atoms with E-state index in [2.05, 4.69) is 0 Å². The Morgan fingerprint density at radius 1 is 1.35 bits per heavy atom. The Hall–Kier alpha value is -2.02. The summed E-state index contributed by atoms with van der Waals surface area (Å²) < 4.78 is 0. The molecular weight excluding hydrogens is 282 g/mol. The van der Waals surface area contributed by atoms with Crippen LogP contribution >= 0.6 is 11.8 Å². The molecule has 0 aromatic heterocycles. The van der Waals surface area contributed by atoms with Gasteiger partial charge in [0.1, 0.15) is 6.04 Å². The first-order valence-corrected chi connectivity index (χ1v) is 6.80. The highest BCUT2D eigenvalue weighted by atomic mass is 32.2. The van der Waals surface area contributed by atoms with Crippen LogP contribution in [0.5, 0.6) is 0 Å². The van der Waals surface area contributed by atoms with E-state index < -0.39 is 23.2 Å². The third-order valence-corrected chi connectivity index (χ3v) is 4.25. The predicted molar refractivity (Wildman–Crippen MR) is 73.3 cm³/mol. The first-order valence-electron chi connectivity index (χ1n) is 5.92. The quantitative estimate of drug-likeness (QED) is 0.881. The van der Waals surface area contributed by atoms with E-state index in [9.17, 15) is 14.4 Å². The zero-order chi connectivity index (χ0) is 15.0. The number of aromatic carboxylic acids is 1. The molecule has 1 amide bonds. The third-order valence-electron chi connectivity index (χ3n) is 3.10. The van der Waals surface area contributed by atoms with Gasteiger partial charge in [0.25, 0.3) is 0 Å². The lowest BCUT2D eigenvalue weighted by molar-refractivity contribution is -0.139. The van der Waals surface area contributed by atoms with Crippen LogP contribution in [-0.2, 0) is 9.59 Å². The van der Waals surface area contributed by atoms with Crippen molar-refractivity contribution in [2.75, 3.05) is 4.90 Å². The number of amides is 1. The number of nitrogens with zero attached hydrogens (tertiary/aromatic N) is 1. The van der Waals surface area contributed by atoms with Gasteiger partial charge in [-0.1, -0.05) is 0 Å². The molecule has 1 aromatic carbocycles. The monoisotopic (exact) mass is 295 g/mol. The molecule has 2 N–H and O–H groups in total. The molecular formula is C13H13NO5S. The maximum atomic E-state index is 12.2. The number of carboxylic acid groups (broad SMARTS) is 2. The summed E-state index contributed by atoms with van der Waals surface area (Å²) >= 11 is 1.30. The Bertz CT molecular complexity index is 600. The van der Waals surface area contributed by atoms with Crippen molar-refractivity contribution < 1.29 is 24.6 Å². The van der Waals surface area contributed by atoms with Crippen LogP contribution in [0.15, 0.2) is 23.1 Å². The van der Waals surface area contributed by atoms with Crippen LogP contribution in [0.2, 0.25) is 0 Å². The van der Waals surface area contributed by atoms with Gasteiger partial charge in [0, 0.05) is 4.90 Å². The first kappa shape index (κ1) is 14.4. The van der Waals surface area contributed by atoms with Gasteiger partial charge in [0.2, 0.25) is 5.91 Å². The molecule has 1 aliphatic rings. The van der Waals surface area contributed by atoms with Crippen LogP contribution in [0.1, 0.15) is 24.2 Å². The van der Waals surface area contributed by atoms with E-state index in [1.807, 2.05) is 0 Å². The van der Waals surface area contributed by atoms with Gasteiger partial charge in [-0.2, -0.15) is 0 Å². The summed E-state index contributed by atoms with van der Waals surface area (Å²) in [7, 11) is 0. The molecule has 1 heterocycles.